The Bertz CT molecular complexity index is 1170. The Balaban J connectivity index is 1.44. The number of allylic oxidation sites excluding steroid dienone is 2. The van der Waals surface area contributed by atoms with Crippen LogP contribution in [0.2, 0.25) is 0 Å². The number of nitrogens with one attached hydrogen (secondary N) is 1. The van der Waals surface area contributed by atoms with Crippen molar-refractivity contribution < 1.29 is 14.4 Å². The van der Waals surface area contributed by atoms with Crippen molar-refractivity contribution in [2.24, 2.45) is 0 Å². The van der Waals surface area contributed by atoms with Gasteiger partial charge in [-0.3, -0.25) is 19.4 Å². The number of hydrogen-bond acceptors (Lipinski definition) is 5. The fraction of sp³-hybridized carbons (Fsp3) is 0.0833. The second kappa shape index (κ2) is 8.43. The first-order valence-electron chi connectivity index (χ1n) is 9.37. The SMILES string of the molecule is O=C(Cc1cccnc1)c1ccc(CNC2=C(Cl)C(=O)c3ccccc3C2=O)cc1. The fourth-order valence-corrected chi connectivity index (χ4v) is 3.55. The number of Topliss-reactive ketones (excluding diaryl/α,β-unsaturated/α-hetero) is 3. The van der Waals surface area contributed by atoms with Gasteiger partial charge in [0.1, 0.15) is 10.7 Å². The summed E-state index contributed by atoms with van der Waals surface area (Å²) in [5.74, 6) is -0.679. The molecule has 1 N–H and O–H groups in total. The van der Waals surface area contributed by atoms with Crippen LogP contribution in [0.1, 0.15) is 42.2 Å². The van der Waals surface area contributed by atoms with E-state index in [2.05, 4.69) is 10.3 Å². The molecule has 0 atom stereocenters. The number of aromatic nitrogens is 1. The molecular formula is C24H17ClN2O3. The van der Waals surface area contributed by atoms with Crippen molar-refractivity contribution in [1.29, 1.82) is 0 Å². The van der Waals surface area contributed by atoms with E-state index in [0.717, 1.165) is 11.1 Å². The number of carbonyl (C=O) groups is 3. The lowest BCUT2D eigenvalue weighted by molar-refractivity contribution is 0.0974. The van der Waals surface area contributed by atoms with Crippen LogP contribution in [0.3, 0.4) is 0 Å². The van der Waals surface area contributed by atoms with Crippen LogP contribution in [-0.4, -0.2) is 22.3 Å². The molecule has 0 radical (unpaired) electrons. The molecule has 6 heteroatoms. The quantitative estimate of drug-likeness (QED) is 0.611. The van der Waals surface area contributed by atoms with Crippen molar-refractivity contribution in [2.75, 3.05) is 0 Å². The summed E-state index contributed by atoms with van der Waals surface area (Å²) in [4.78, 5) is 41.6. The van der Waals surface area contributed by atoms with E-state index in [1.165, 1.54) is 0 Å². The Kier molecular flexibility index (Phi) is 5.55. The molecule has 4 rings (SSSR count). The largest absolute Gasteiger partial charge is 0.376 e. The second-order valence-electron chi connectivity index (χ2n) is 6.90. The third-order valence-electron chi connectivity index (χ3n) is 4.89. The summed E-state index contributed by atoms with van der Waals surface area (Å²) in [6.07, 6.45) is 3.62. The van der Waals surface area contributed by atoms with Crippen LogP contribution >= 0.6 is 11.6 Å². The van der Waals surface area contributed by atoms with Crippen LogP contribution in [0.25, 0.3) is 0 Å². The van der Waals surface area contributed by atoms with Gasteiger partial charge in [0.05, 0.1) is 0 Å². The van der Waals surface area contributed by atoms with Crippen molar-refractivity contribution >= 4 is 29.0 Å². The first-order valence-corrected chi connectivity index (χ1v) is 9.75. The van der Waals surface area contributed by atoms with Crippen LogP contribution in [0, 0.1) is 0 Å². The summed E-state index contributed by atoms with van der Waals surface area (Å²) in [7, 11) is 0. The molecule has 30 heavy (non-hydrogen) atoms. The lowest BCUT2D eigenvalue weighted by Gasteiger charge is -2.19. The maximum Gasteiger partial charge on any atom is 0.211 e. The molecule has 0 aliphatic heterocycles. The standard InChI is InChI=1S/C24H17ClN2O3/c25-21-22(24(30)19-6-2-1-5-18(19)23(21)29)27-14-15-7-9-17(10-8-15)20(28)12-16-4-3-11-26-13-16/h1-11,13,27H,12,14H2. The Morgan fingerprint density at radius 1 is 0.867 bits per heavy atom. The maximum absolute atomic E-state index is 12.7. The highest BCUT2D eigenvalue weighted by Gasteiger charge is 2.30. The van der Waals surface area contributed by atoms with Gasteiger partial charge >= 0.3 is 0 Å². The van der Waals surface area contributed by atoms with E-state index >= 15 is 0 Å². The van der Waals surface area contributed by atoms with E-state index < -0.39 is 0 Å². The molecule has 5 nitrogen and oxygen atoms in total. The molecular weight excluding hydrogens is 400 g/mol. The highest BCUT2D eigenvalue weighted by atomic mass is 35.5. The molecule has 1 heterocycles. The fourth-order valence-electron chi connectivity index (χ4n) is 3.29. The lowest BCUT2D eigenvalue weighted by atomic mass is 9.92. The summed E-state index contributed by atoms with van der Waals surface area (Å²) in [6, 6.07) is 17.4. The predicted octanol–water partition coefficient (Wildman–Crippen LogP) is 4.13. The van der Waals surface area contributed by atoms with Crippen LogP contribution in [-0.2, 0) is 13.0 Å². The highest BCUT2D eigenvalue weighted by molar-refractivity contribution is 6.49. The predicted molar refractivity (Wildman–Crippen MR) is 114 cm³/mol. The molecule has 1 aliphatic carbocycles. The average molecular weight is 417 g/mol. The molecule has 0 saturated heterocycles. The first-order chi connectivity index (χ1) is 14.5. The van der Waals surface area contributed by atoms with Gasteiger partial charge in [0.2, 0.25) is 11.6 Å². The highest BCUT2D eigenvalue weighted by Crippen LogP contribution is 2.27. The molecule has 3 aromatic rings. The van der Waals surface area contributed by atoms with E-state index in [9.17, 15) is 14.4 Å². The van der Waals surface area contributed by atoms with Gasteiger partial charge < -0.3 is 5.32 Å². The van der Waals surface area contributed by atoms with Gasteiger partial charge in [0.15, 0.2) is 5.78 Å². The zero-order chi connectivity index (χ0) is 21.1. The van der Waals surface area contributed by atoms with Crippen molar-refractivity contribution in [3.8, 4) is 0 Å². The van der Waals surface area contributed by atoms with Gasteiger partial charge in [0, 0.05) is 42.0 Å². The van der Waals surface area contributed by atoms with Crippen LogP contribution in [0.4, 0.5) is 0 Å². The summed E-state index contributed by atoms with van der Waals surface area (Å²) in [5, 5.41) is 2.87. The molecule has 0 spiro atoms. The number of ketones is 3. The summed E-state index contributed by atoms with van der Waals surface area (Å²) < 4.78 is 0. The molecule has 1 aromatic heterocycles. The van der Waals surface area contributed by atoms with E-state index in [1.54, 1.807) is 67.0 Å². The Hall–Kier alpha value is -3.57. The third kappa shape index (κ3) is 3.93. The van der Waals surface area contributed by atoms with Gasteiger partial charge in [-0.1, -0.05) is 66.2 Å². The monoisotopic (exact) mass is 416 g/mol. The molecule has 0 saturated carbocycles. The van der Waals surface area contributed by atoms with E-state index in [4.69, 9.17) is 11.6 Å². The number of fused-ring (bicyclic) bond motifs is 1. The molecule has 0 bridgehead atoms. The Morgan fingerprint density at radius 3 is 2.23 bits per heavy atom. The minimum atomic E-state index is -0.370. The number of benzene rings is 2. The van der Waals surface area contributed by atoms with E-state index in [0.29, 0.717) is 23.2 Å². The van der Waals surface area contributed by atoms with Crippen LogP contribution < -0.4 is 5.32 Å². The summed E-state index contributed by atoms with van der Waals surface area (Å²) in [6.45, 7) is 0.295. The number of halogens is 1. The average Bonchev–Trinajstić information content (AvgIpc) is 2.78. The minimum Gasteiger partial charge on any atom is -0.376 e. The topological polar surface area (TPSA) is 76.1 Å². The van der Waals surface area contributed by atoms with Gasteiger partial charge in [-0.15, -0.1) is 0 Å². The molecule has 0 unspecified atom stereocenters. The number of hydrogen-bond donors (Lipinski definition) is 1. The second-order valence-corrected chi connectivity index (χ2v) is 7.28. The normalized spacial score (nSPS) is 13.2. The van der Waals surface area contributed by atoms with E-state index in [-0.39, 0.29) is 34.5 Å². The maximum atomic E-state index is 12.7. The zero-order valence-electron chi connectivity index (χ0n) is 15.9. The van der Waals surface area contributed by atoms with Crippen LogP contribution in [0.5, 0.6) is 0 Å². The van der Waals surface area contributed by atoms with Crippen molar-refractivity contribution in [3.63, 3.8) is 0 Å². The Morgan fingerprint density at radius 2 is 1.57 bits per heavy atom. The number of nitrogens with zero attached hydrogens (tertiary/aromatic N) is 1. The van der Waals surface area contributed by atoms with Gasteiger partial charge in [0.25, 0.3) is 0 Å². The van der Waals surface area contributed by atoms with Gasteiger partial charge in [-0.05, 0) is 17.2 Å². The Labute approximate surface area is 178 Å². The molecule has 0 fully saturated rings. The first kappa shape index (κ1) is 19.7. The number of pyridine rings is 1. The molecule has 148 valence electrons. The number of rotatable bonds is 6. The van der Waals surface area contributed by atoms with Crippen molar-refractivity contribution in [3.05, 3.63) is 112 Å². The van der Waals surface area contributed by atoms with Crippen LogP contribution in [0.15, 0.2) is 83.8 Å². The minimum absolute atomic E-state index is 0.00192. The summed E-state index contributed by atoms with van der Waals surface area (Å²) in [5.41, 5.74) is 3.05. The van der Waals surface area contributed by atoms with Crippen molar-refractivity contribution in [2.45, 2.75) is 13.0 Å². The van der Waals surface area contributed by atoms with E-state index in [1.807, 2.05) is 6.07 Å². The van der Waals surface area contributed by atoms with Crippen molar-refractivity contribution in [1.82, 2.24) is 10.3 Å². The summed E-state index contributed by atoms with van der Waals surface area (Å²) >= 11 is 6.16. The smallest absolute Gasteiger partial charge is 0.211 e. The number of carbonyl (C=O) groups excluding carboxylic acids is 3. The van der Waals surface area contributed by atoms with Gasteiger partial charge in [-0.25, -0.2) is 0 Å². The molecule has 2 aromatic carbocycles. The molecule has 0 amide bonds. The zero-order valence-corrected chi connectivity index (χ0v) is 16.6. The lowest BCUT2D eigenvalue weighted by Crippen LogP contribution is -2.28. The van der Waals surface area contributed by atoms with Gasteiger partial charge in [-0.2, -0.15) is 0 Å². The third-order valence-corrected chi connectivity index (χ3v) is 5.26. The molecule has 1 aliphatic rings.